The van der Waals surface area contributed by atoms with E-state index in [-0.39, 0.29) is 0 Å². The largest absolute Gasteiger partial charge is 0.461 e. The molecule has 3 heteroatoms. The van der Waals surface area contributed by atoms with E-state index in [1.165, 1.54) is 0 Å². The summed E-state index contributed by atoms with van der Waals surface area (Å²) in [6.07, 6.45) is 3.22. The number of nitrogens with zero attached hydrogens (tertiary/aromatic N) is 1. The second-order valence-electron chi connectivity index (χ2n) is 2.40. The number of hydrogen-bond donors (Lipinski definition) is 0. The molecule has 3 nitrogen and oxygen atoms in total. The molecule has 0 radical (unpaired) electrons. The van der Waals surface area contributed by atoms with Gasteiger partial charge in [-0.15, -0.1) is 0 Å². The molecule has 0 saturated heterocycles. The van der Waals surface area contributed by atoms with Crippen molar-refractivity contribution in [3.63, 3.8) is 0 Å². The third-order valence-corrected chi connectivity index (χ3v) is 1.50. The number of ether oxygens (including phenoxy) is 1. The van der Waals surface area contributed by atoms with Crippen LogP contribution in [0, 0.1) is 0 Å². The summed E-state index contributed by atoms with van der Waals surface area (Å²) in [5, 5.41) is 0. The van der Waals surface area contributed by atoms with Gasteiger partial charge in [0.15, 0.2) is 0 Å². The van der Waals surface area contributed by atoms with Crippen molar-refractivity contribution < 1.29 is 9.53 Å². The Morgan fingerprint density at radius 2 is 2.54 bits per heavy atom. The van der Waals surface area contributed by atoms with Gasteiger partial charge in [0.1, 0.15) is 5.69 Å². The Morgan fingerprint density at radius 3 is 3.15 bits per heavy atom. The number of aromatic nitrogens is 1. The van der Waals surface area contributed by atoms with Crippen molar-refractivity contribution in [2.24, 2.45) is 0 Å². The Morgan fingerprint density at radius 1 is 1.77 bits per heavy atom. The molecule has 0 atom stereocenters. The fourth-order valence-electron chi connectivity index (χ4n) is 0.891. The first kappa shape index (κ1) is 9.45. The summed E-state index contributed by atoms with van der Waals surface area (Å²) in [4.78, 5) is 15.1. The van der Waals surface area contributed by atoms with E-state index in [4.69, 9.17) is 4.74 Å². The monoisotopic (exact) mass is 177 g/mol. The minimum atomic E-state index is -0.397. The fourth-order valence-corrected chi connectivity index (χ4v) is 0.891. The molecule has 0 aromatic carbocycles. The number of carbonyl (C=O) groups excluding carboxylic acids is 1. The maximum Gasteiger partial charge on any atom is 0.356 e. The number of esters is 1. The number of rotatable bonds is 3. The summed E-state index contributed by atoms with van der Waals surface area (Å²) >= 11 is 0. The van der Waals surface area contributed by atoms with Crippen molar-refractivity contribution in [1.29, 1.82) is 0 Å². The van der Waals surface area contributed by atoms with Gasteiger partial charge < -0.3 is 4.74 Å². The van der Waals surface area contributed by atoms with Crippen LogP contribution in [-0.2, 0) is 4.74 Å². The van der Waals surface area contributed by atoms with Gasteiger partial charge in [0.05, 0.1) is 6.61 Å². The lowest BCUT2D eigenvalue weighted by Gasteiger charge is -2.00. The Labute approximate surface area is 77.1 Å². The quantitative estimate of drug-likeness (QED) is 0.662. The maximum absolute atomic E-state index is 11.2. The highest BCUT2D eigenvalue weighted by atomic mass is 16.5. The van der Waals surface area contributed by atoms with Crippen LogP contribution in [0.5, 0.6) is 0 Å². The third kappa shape index (κ3) is 2.40. The molecule has 0 saturated carbocycles. The Balaban J connectivity index is 2.88. The van der Waals surface area contributed by atoms with Crippen LogP contribution in [0.25, 0.3) is 6.08 Å². The summed E-state index contributed by atoms with van der Waals surface area (Å²) in [7, 11) is 0. The van der Waals surface area contributed by atoms with Gasteiger partial charge in [0.2, 0.25) is 0 Å². The van der Waals surface area contributed by atoms with E-state index in [0.29, 0.717) is 12.3 Å². The second-order valence-corrected chi connectivity index (χ2v) is 2.40. The first-order valence-electron chi connectivity index (χ1n) is 4.03. The van der Waals surface area contributed by atoms with Crippen molar-refractivity contribution in [1.82, 2.24) is 4.98 Å². The second kappa shape index (κ2) is 4.40. The van der Waals surface area contributed by atoms with E-state index in [0.717, 1.165) is 5.56 Å². The standard InChI is InChI=1S/C10H11NO2/c1-3-8-5-6-11-9(7-8)10(12)13-4-2/h3,5-7H,1,4H2,2H3. The van der Waals surface area contributed by atoms with Crippen molar-refractivity contribution in [3.8, 4) is 0 Å². The normalized spacial score (nSPS) is 9.31. The lowest BCUT2D eigenvalue weighted by atomic mass is 10.2. The van der Waals surface area contributed by atoms with Gasteiger partial charge in [-0.25, -0.2) is 9.78 Å². The highest BCUT2D eigenvalue weighted by Crippen LogP contribution is 2.04. The van der Waals surface area contributed by atoms with Crippen LogP contribution < -0.4 is 0 Å². The minimum absolute atomic E-state index is 0.319. The molecule has 1 aromatic rings. The zero-order chi connectivity index (χ0) is 9.68. The molecule has 68 valence electrons. The molecule has 1 aromatic heterocycles. The first-order chi connectivity index (χ1) is 6.27. The molecule has 1 rings (SSSR count). The molecule has 0 aliphatic carbocycles. The lowest BCUT2D eigenvalue weighted by Crippen LogP contribution is -2.06. The summed E-state index contributed by atoms with van der Waals surface area (Å²) < 4.78 is 4.79. The van der Waals surface area contributed by atoms with E-state index in [1.54, 1.807) is 31.3 Å². The van der Waals surface area contributed by atoms with E-state index in [9.17, 15) is 4.79 Å². The van der Waals surface area contributed by atoms with Gasteiger partial charge in [0, 0.05) is 6.20 Å². The van der Waals surface area contributed by atoms with Crippen LogP contribution >= 0.6 is 0 Å². The predicted molar refractivity (Wildman–Crippen MR) is 50.3 cm³/mol. The summed E-state index contributed by atoms with van der Waals surface area (Å²) in [5.74, 6) is -0.397. The van der Waals surface area contributed by atoms with Crippen LogP contribution in [0.15, 0.2) is 24.9 Å². The molecule has 0 spiro atoms. The average Bonchev–Trinajstić information content (AvgIpc) is 2.18. The molecule has 0 amide bonds. The molecule has 0 fully saturated rings. The van der Waals surface area contributed by atoms with Gasteiger partial charge in [-0.3, -0.25) is 0 Å². The number of carbonyl (C=O) groups is 1. The Kier molecular flexibility index (Phi) is 3.20. The van der Waals surface area contributed by atoms with Crippen LogP contribution in [0.2, 0.25) is 0 Å². The molecular weight excluding hydrogens is 166 g/mol. The Hall–Kier alpha value is -1.64. The van der Waals surface area contributed by atoms with Crippen molar-refractivity contribution >= 4 is 12.0 Å². The van der Waals surface area contributed by atoms with Crippen molar-refractivity contribution in [3.05, 3.63) is 36.2 Å². The Bertz CT molecular complexity index is 320. The van der Waals surface area contributed by atoms with Crippen LogP contribution in [0.3, 0.4) is 0 Å². The molecule has 0 bridgehead atoms. The highest BCUT2D eigenvalue weighted by molar-refractivity contribution is 5.87. The highest BCUT2D eigenvalue weighted by Gasteiger charge is 2.06. The topological polar surface area (TPSA) is 39.2 Å². The van der Waals surface area contributed by atoms with Gasteiger partial charge in [-0.2, -0.15) is 0 Å². The SMILES string of the molecule is C=Cc1ccnc(C(=O)OCC)c1. The number of pyridine rings is 1. The van der Waals surface area contributed by atoms with E-state index in [1.807, 2.05) is 0 Å². The molecule has 13 heavy (non-hydrogen) atoms. The summed E-state index contributed by atoms with van der Waals surface area (Å²) in [6.45, 7) is 5.72. The molecule has 0 unspecified atom stereocenters. The van der Waals surface area contributed by atoms with Gasteiger partial charge in [-0.05, 0) is 24.6 Å². The zero-order valence-corrected chi connectivity index (χ0v) is 7.49. The predicted octanol–water partition coefficient (Wildman–Crippen LogP) is 1.90. The van der Waals surface area contributed by atoms with E-state index in [2.05, 4.69) is 11.6 Å². The molecule has 0 aliphatic heterocycles. The number of hydrogen-bond acceptors (Lipinski definition) is 3. The molecule has 0 aliphatic rings. The van der Waals surface area contributed by atoms with Crippen LogP contribution in [-0.4, -0.2) is 17.6 Å². The first-order valence-corrected chi connectivity index (χ1v) is 4.03. The summed E-state index contributed by atoms with van der Waals surface area (Å²) in [6, 6.07) is 3.42. The van der Waals surface area contributed by atoms with Crippen molar-refractivity contribution in [2.45, 2.75) is 6.92 Å². The average molecular weight is 177 g/mol. The maximum atomic E-state index is 11.2. The minimum Gasteiger partial charge on any atom is -0.461 e. The molecular formula is C10H11NO2. The van der Waals surface area contributed by atoms with E-state index < -0.39 is 5.97 Å². The third-order valence-electron chi connectivity index (χ3n) is 1.50. The smallest absolute Gasteiger partial charge is 0.356 e. The van der Waals surface area contributed by atoms with Crippen LogP contribution in [0.4, 0.5) is 0 Å². The fraction of sp³-hybridized carbons (Fsp3) is 0.200. The van der Waals surface area contributed by atoms with Gasteiger partial charge in [-0.1, -0.05) is 12.7 Å². The van der Waals surface area contributed by atoms with Gasteiger partial charge >= 0.3 is 5.97 Å². The van der Waals surface area contributed by atoms with Crippen LogP contribution in [0.1, 0.15) is 23.0 Å². The molecule has 0 N–H and O–H groups in total. The van der Waals surface area contributed by atoms with Crippen molar-refractivity contribution in [2.75, 3.05) is 6.61 Å². The van der Waals surface area contributed by atoms with Gasteiger partial charge in [0.25, 0.3) is 0 Å². The van der Waals surface area contributed by atoms with E-state index >= 15 is 0 Å². The zero-order valence-electron chi connectivity index (χ0n) is 7.49. The summed E-state index contributed by atoms with van der Waals surface area (Å²) in [5.41, 5.74) is 1.18. The lowest BCUT2D eigenvalue weighted by molar-refractivity contribution is 0.0519. The molecule has 1 heterocycles.